The molecule has 1 aromatic heterocycles. The van der Waals surface area contributed by atoms with Gasteiger partial charge in [0.25, 0.3) is 10.1 Å². The van der Waals surface area contributed by atoms with Crippen LogP contribution in [0.5, 0.6) is 0 Å². The van der Waals surface area contributed by atoms with Crippen LogP contribution in [0, 0.1) is 0 Å². The monoisotopic (exact) mass is 377 g/mol. The first-order valence-electron chi connectivity index (χ1n) is 8.18. The van der Waals surface area contributed by atoms with Crippen molar-refractivity contribution in [3.63, 3.8) is 0 Å². The second-order valence-electron chi connectivity index (χ2n) is 5.89. The highest BCUT2D eigenvalue weighted by Gasteiger charge is 2.17. The van der Waals surface area contributed by atoms with Gasteiger partial charge in [-0.05, 0) is 18.2 Å². The normalized spacial score (nSPS) is 11.4. The van der Waals surface area contributed by atoms with Crippen LogP contribution in [0.2, 0.25) is 0 Å². The van der Waals surface area contributed by atoms with E-state index in [9.17, 15) is 13.0 Å². The zero-order valence-corrected chi connectivity index (χ0v) is 14.9. The molecule has 0 aliphatic carbocycles. The number of benzene rings is 3. The Hall–Kier alpha value is -3.29. The van der Waals surface area contributed by atoms with Crippen molar-refractivity contribution < 1.29 is 13.0 Å². The van der Waals surface area contributed by atoms with Crippen LogP contribution in [0.25, 0.3) is 28.2 Å². The molecule has 0 radical (unpaired) electrons. The Balaban J connectivity index is 1.90. The lowest BCUT2D eigenvalue weighted by molar-refractivity contribution is 0.483. The molecule has 134 valence electrons. The summed E-state index contributed by atoms with van der Waals surface area (Å²) in [5.41, 5.74) is 3.59. The second-order valence-corrected chi connectivity index (χ2v) is 7.31. The summed E-state index contributed by atoms with van der Waals surface area (Å²) < 4.78 is 32.2. The molecule has 0 unspecified atom stereocenters. The third-order valence-corrected chi connectivity index (χ3v) is 4.90. The Morgan fingerprint density at radius 1 is 0.704 bits per heavy atom. The van der Waals surface area contributed by atoms with Gasteiger partial charge in [-0.15, -0.1) is 10.2 Å². The average molecular weight is 377 g/mol. The van der Waals surface area contributed by atoms with E-state index in [-0.39, 0.29) is 4.90 Å². The van der Waals surface area contributed by atoms with Gasteiger partial charge in [-0.2, -0.15) is 13.2 Å². The van der Waals surface area contributed by atoms with Crippen LogP contribution in [0.4, 0.5) is 0 Å². The van der Waals surface area contributed by atoms with Gasteiger partial charge < -0.3 is 0 Å². The Morgan fingerprint density at radius 2 is 1.22 bits per heavy atom. The van der Waals surface area contributed by atoms with Crippen molar-refractivity contribution >= 4 is 10.1 Å². The second kappa shape index (κ2) is 6.79. The summed E-state index contributed by atoms with van der Waals surface area (Å²) in [7, 11) is -4.31. The fraction of sp³-hybridized carbons (Fsp3) is 0. The molecule has 0 atom stereocenters. The number of hydrogen-bond acceptors (Lipinski definition) is 4. The number of aromatic nitrogens is 3. The maximum atomic E-state index is 11.4. The van der Waals surface area contributed by atoms with Gasteiger partial charge >= 0.3 is 0 Å². The van der Waals surface area contributed by atoms with E-state index in [0.717, 1.165) is 11.1 Å². The summed E-state index contributed by atoms with van der Waals surface area (Å²) >= 11 is 0. The Kier molecular flexibility index (Phi) is 4.31. The van der Waals surface area contributed by atoms with Gasteiger partial charge in [0.2, 0.25) is 0 Å². The molecule has 0 fully saturated rings. The molecule has 27 heavy (non-hydrogen) atoms. The molecule has 3 aromatic carbocycles. The molecule has 0 aliphatic heterocycles. The zero-order valence-electron chi connectivity index (χ0n) is 14.1. The summed E-state index contributed by atoms with van der Waals surface area (Å²) in [5.74, 6) is 0. The van der Waals surface area contributed by atoms with Gasteiger partial charge in [0.1, 0.15) is 11.4 Å². The lowest BCUT2D eigenvalue weighted by Crippen LogP contribution is -2.03. The highest BCUT2D eigenvalue weighted by Crippen LogP contribution is 2.29. The highest BCUT2D eigenvalue weighted by molar-refractivity contribution is 7.85. The van der Waals surface area contributed by atoms with Gasteiger partial charge in [-0.25, -0.2) is 0 Å². The van der Waals surface area contributed by atoms with Crippen molar-refractivity contribution in [2.45, 2.75) is 4.90 Å². The van der Waals surface area contributed by atoms with Gasteiger partial charge in [-0.3, -0.25) is 4.55 Å². The van der Waals surface area contributed by atoms with E-state index in [2.05, 4.69) is 10.2 Å². The largest absolute Gasteiger partial charge is 0.294 e. The molecule has 7 heteroatoms. The lowest BCUT2D eigenvalue weighted by Gasteiger charge is -2.02. The van der Waals surface area contributed by atoms with Crippen LogP contribution in [-0.2, 0) is 10.1 Å². The molecule has 1 heterocycles. The molecule has 1 N–H and O–H groups in total. The smallest absolute Gasteiger partial charge is 0.282 e. The van der Waals surface area contributed by atoms with Gasteiger partial charge in [0.05, 0.1) is 10.6 Å². The number of rotatable bonds is 4. The van der Waals surface area contributed by atoms with Crippen LogP contribution in [0.3, 0.4) is 0 Å². The maximum absolute atomic E-state index is 11.4. The SMILES string of the molecule is O=S(=O)(O)c1cccc(-n2nc(-c3ccccc3)c(-c3ccccc3)n2)c1. The number of nitrogens with zero attached hydrogens (tertiary/aromatic N) is 3. The molecule has 0 spiro atoms. The molecule has 0 bridgehead atoms. The Labute approximate surface area is 156 Å². The first-order chi connectivity index (χ1) is 13.0. The van der Waals surface area contributed by atoms with Crippen LogP contribution < -0.4 is 0 Å². The third-order valence-electron chi connectivity index (χ3n) is 4.05. The highest BCUT2D eigenvalue weighted by atomic mass is 32.2. The molecule has 4 rings (SSSR count). The molecular formula is C20H15N3O3S. The quantitative estimate of drug-likeness (QED) is 0.546. The van der Waals surface area contributed by atoms with Gasteiger partial charge in [0, 0.05) is 11.1 Å². The summed E-state index contributed by atoms with van der Waals surface area (Å²) in [6.45, 7) is 0. The fourth-order valence-electron chi connectivity index (χ4n) is 2.77. The molecule has 4 aromatic rings. The van der Waals surface area contributed by atoms with Crippen LogP contribution in [0.15, 0.2) is 89.8 Å². The van der Waals surface area contributed by atoms with Crippen molar-refractivity contribution in [1.82, 2.24) is 15.0 Å². The molecular weight excluding hydrogens is 362 g/mol. The molecule has 0 saturated heterocycles. The number of hydrogen-bond donors (Lipinski definition) is 1. The summed E-state index contributed by atoms with van der Waals surface area (Å²) in [5, 5.41) is 9.16. The van der Waals surface area contributed by atoms with Crippen molar-refractivity contribution in [1.29, 1.82) is 0 Å². The van der Waals surface area contributed by atoms with E-state index in [1.54, 1.807) is 6.07 Å². The van der Waals surface area contributed by atoms with E-state index < -0.39 is 10.1 Å². The molecule has 0 saturated carbocycles. The Morgan fingerprint density at radius 3 is 1.70 bits per heavy atom. The van der Waals surface area contributed by atoms with E-state index >= 15 is 0 Å². The van der Waals surface area contributed by atoms with Crippen LogP contribution >= 0.6 is 0 Å². The Bertz CT molecular complexity index is 1130. The first-order valence-corrected chi connectivity index (χ1v) is 9.62. The van der Waals surface area contributed by atoms with Gasteiger partial charge in [-0.1, -0.05) is 66.7 Å². The summed E-state index contributed by atoms with van der Waals surface area (Å²) in [4.78, 5) is 1.17. The van der Waals surface area contributed by atoms with E-state index in [4.69, 9.17) is 0 Å². The van der Waals surface area contributed by atoms with Crippen LogP contribution in [-0.4, -0.2) is 28.0 Å². The first kappa shape index (κ1) is 17.1. The summed E-state index contributed by atoms with van der Waals surface area (Å²) in [6, 6.07) is 25.1. The van der Waals surface area contributed by atoms with Crippen molar-refractivity contribution in [3.8, 4) is 28.2 Å². The van der Waals surface area contributed by atoms with Crippen molar-refractivity contribution in [2.75, 3.05) is 0 Å². The predicted octanol–water partition coefficient (Wildman–Crippen LogP) is 3.85. The van der Waals surface area contributed by atoms with Crippen LogP contribution in [0.1, 0.15) is 0 Å². The topological polar surface area (TPSA) is 85.1 Å². The fourth-order valence-corrected chi connectivity index (χ4v) is 3.29. The predicted molar refractivity (Wildman–Crippen MR) is 102 cm³/mol. The molecule has 0 aliphatic rings. The van der Waals surface area contributed by atoms with Gasteiger partial charge in [0.15, 0.2) is 0 Å². The zero-order chi connectivity index (χ0) is 18.9. The molecule has 6 nitrogen and oxygen atoms in total. The summed E-state index contributed by atoms with van der Waals surface area (Å²) in [6.07, 6.45) is 0. The third kappa shape index (κ3) is 3.51. The van der Waals surface area contributed by atoms with Crippen molar-refractivity contribution in [3.05, 3.63) is 84.9 Å². The average Bonchev–Trinajstić information content (AvgIpc) is 3.14. The van der Waals surface area contributed by atoms with E-state index in [1.807, 2.05) is 60.7 Å². The van der Waals surface area contributed by atoms with Crippen molar-refractivity contribution in [2.24, 2.45) is 0 Å². The standard InChI is InChI=1S/C20H15N3O3S/c24-27(25,26)18-13-7-12-17(14-18)23-21-19(15-8-3-1-4-9-15)20(22-23)16-10-5-2-6-11-16/h1-14H,(H,24,25,26). The molecule has 0 amide bonds. The minimum Gasteiger partial charge on any atom is -0.282 e. The lowest BCUT2D eigenvalue weighted by atomic mass is 10.1. The van der Waals surface area contributed by atoms with E-state index in [1.165, 1.54) is 23.0 Å². The minimum absolute atomic E-state index is 0.208. The maximum Gasteiger partial charge on any atom is 0.294 e. The van der Waals surface area contributed by atoms with E-state index in [0.29, 0.717) is 17.1 Å². The minimum atomic E-state index is -4.31.